The molecule has 0 aliphatic carbocycles. The summed E-state index contributed by atoms with van der Waals surface area (Å²) in [5.41, 5.74) is 1.08. The molecular formula is C14H22N4O. The summed E-state index contributed by atoms with van der Waals surface area (Å²) in [6.45, 7) is 8.45. The minimum Gasteiger partial charge on any atom is -0.351 e. The van der Waals surface area contributed by atoms with Crippen molar-refractivity contribution in [3.05, 3.63) is 30.1 Å². The van der Waals surface area contributed by atoms with E-state index in [1.807, 2.05) is 12.1 Å². The maximum Gasteiger partial charge on any atom is 0.234 e. The monoisotopic (exact) mass is 262 g/mol. The van der Waals surface area contributed by atoms with E-state index in [0.717, 1.165) is 38.3 Å². The van der Waals surface area contributed by atoms with E-state index in [1.54, 1.807) is 12.4 Å². The molecule has 1 aromatic heterocycles. The Bertz CT molecular complexity index is 388. The second-order valence-corrected chi connectivity index (χ2v) is 4.84. The van der Waals surface area contributed by atoms with Crippen LogP contribution in [0.25, 0.3) is 0 Å². The number of rotatable bonds is 5. The van der Waals surface area contributed by atoms with Crippen molar-refractivity contribution < 1.29 is 4.79 Å². The largest absolute Gasteiger partial charge is 0.351 e. The normalized spacial score (nSPS) is 17.3. The number of likely N-dealkylation sites (N-methyl/N-ethyl adjacent to an activating group) is 1. The SMILES string of the molecule is CCN1CCN(CC(=O)NCc2ccncc2)CC1. The molecule has 1 amide bonds. The molecule has 2 rings (SSSR count). The summed E-state index contributed by atoms with van der Waals surface area (Å²) in [5.74, 6) is 0.0989. The van der Waals surface area contributed by atoms with E-state index in [-0.39, 0.29) is 5.91 Å². The number of nitrogens with one attached hydrogen (secondary N) is 1. The van der Waals surface area contributed by atoms with Crippen LogP contribution in [0.1, 0.15) is 12.5 Å². The Morgan fingerprint density at radius 1 is 1.21 bits per heavy atom. The summed E-state index contributed by atoms with van der Waals surface area (Å²) in [5, 5.41) is 2.95. The lowest BCUT2D eigenvalue weighted by Gasteiger charge is -2.33. The van der Waals surface area contributed by atoms with E-state index in [9.17, 15) is 4.79 Å². The van der Waals surface area contributed by atoms with E-state index in [4.69, 9.17) is 0 Å². The summed E-state index contributed by atoms with van der Waals surface area (Å²) in [7, 11) is 0. The third-order valence-electron chi connectivity index (χ3n) is 3.52. The van der Waals surface area contributed by atoms with Gasteiger partial charge in [-0.25, -0.2) is 0 Å². The molecule has 1 aliphatic rings. The highest BCUT2D eigenvalue weighted by Gasteiger charge is 2.17. The first-order valence-corrected chi connectivity index (χ1v) is 6.88. The number of hydrogen-bond donors (Lipinski definition) is 1. The molecule has 5 heteroatoms. The van der Waals surface area contributed by atoms with Crippen LogP contribution < -0.4 is 5.32 Å². The van der Waals surface area contributed by atoms with E-state index < -0.39 is 0 Å². The first kappa shape index (κ1) is 14.0. The molecule has 1 aromatic rings. The molecule has 0 aromatic carbocycles. The molecule has 19 heavy (non-hydrogen) atoms. The second-order valence-electron chi connectivity index (χ2n) is 4.84. The lowest BCUT2D eigenvalue weighted by molar-refractivity contribution is -0.122. The molecule has 0 saturated carbocycles. The number of carbonyl (C=O) groups is 1. The summed E-state index contributed by atoms with van der Waals surface area (Å²) in [6, 6.07) is 3.83. The first-order valence-electron chi connectivity index (χ1n) is 6.88. The third-order valence-corrected chi connectivity index (χ3v) is 3.52. The zero-order chi connectivity index (χ0) is 13.5. The zero-order valence-corrected chi connectivity index (χ0v) is 11.5. The topological polar surface area (TPSA) is 48.5 Å². The maximum atomic E-state index is 11.9. The van der Waals surface area contributed by atoms with E-state index >= 15 is 0 Å². The Morgan fingerprint density at radius 3 is 2.47 bits per heavy atom. The van der Waals surface area contributed by atoms with Crippen LogP contribution in [0.2, 0.25) is 0 Å². The Kier molecular flexibility index (Phi) is 5.30. The molecule has 5 nitrogen and oxygen atoms in total. The van der Waals surface area contributed by atoms with Crippen LogP contribution in [0.15, 0.2) is 24.5 Å². The van der Waals surface area contributed by atoms with Crippen LogP contribution in [-0.2, 0) is 11.3 Å². The third kappa shape index (κ3) is 4.61. The standard InChI is InChI=1S/C14H22N4O/c1-2-17-7-9-18(10-8-17)12-14(19)16-11-13-3-5-15-6-4-13/h3-6H,2,7-12H2,1H3,(H,16,19). The van der Waals surface area contributed by atoms with Crippen LogP contribution in [0, 0.1) is 0 Å². The average Bonchev–Trinajstić information content (AvgIpc) is 2.47. The molecule has 0 radical (unpaired) electrons. The van der Waals surface area contributed by atoms with Crippen molar-refractivity contribution in [2.45, 2.75) is 13.5 Å². The Hall–Kier alpha value is -1.46. The van der Waals surface area contributed by atoms with Gasteiger partial charge in [0.05, 0.1) is 6.54 Å². The average molecular weight is 262 g/mol. The van der Waals surface area contributed by atoms with E-state index in [1.165, 1.54) is 0 Å². The number of pyridine rings is 1. The molecular weight excluding hydrogens is 240 g/mol. The molecule has 0 atom stereocenters. The predicted octanol–water partition coefficient (Wildman–Crippen LogP) is 0.335. The number of amides is 1. The van der Waals surface area contributed by atoms with Crippen molar-refractivity contribution in [1.82, 2.24) is 20.1 Å². The van der Waals surface area contributed by atoms with Gasteiger partial charge in [-0.15, -0.1) is 0 Å². The molecule has 1 aliphatic heterocycles. The fourth-order valence-corrected chi connectivity index (χ4v) is 2.22. The number of aromatic nitrogens is 1. The smallest absolute Gasteiger partial charge is 0.234 e. The van der Waals surface area contributed by atoms with Gasteiger partial charge in [0.1, 0.15) is 0 Å². The molecule has 0 bridgehead atoms. The van der Waals surface area contributed by atoms with Crippen molar-refractivity contribution in [3.63, 3.8) is 0 Å². The molecule has 104 valence electrons. The lowest BCUT2D eigenvalue weighted by Crippen LogP contribution is -2.49. The summed E-state index contributed by atoms with van der Waals surface area (Å²) < 4.78 is 0. The van der Waals surface area contributed by atoms with Gasteiger partial charge >= 0.3 is 0 Å². The van der Waals surface area contributed by atoms with Crippen molar-refractivity contribution in [2.75, 3.05) is 39.3 Å². The van der Waals surface area contributed by atoms with Crippen molar-refractivity contribution in [2.24, 2.45) is 0 Å². The van der Waals surface area contributed by atoms with Gasteiger partial charge in [0.15, 0.2) is 0 Å². The maximum absolute atomic E-state index is 11.9. The lowest BCUT2D eigenvalue weighted by atomic mass is 10.2. The number of piperazine rings is 1. The predicted molar refractivity (Wildman–Crippen MR) is 74.6 cm³/mol. The number of nitrogens with zero attached hydrogens (tertiary/aromatic N) is 3. The molecule has 1 saturated heterocycles. The van der Waals surface area contributed by atoms with E-state index in [0.29, 0.717) is 13.1 Å². The molecule has 1 N–H and O–H groups in total. The first-order chi connectivity index (χ1) is 9.28. The molecule has 0 spiro atoms. The zero-order valence-electron chi connectivity index (χ0n) is 11.5. The highest BCUT2D eigenvalue weighted by atomic mass is 16.2. The van der Waals surface area contributed by atoms with Gasteiger partial charge in [-0.05, 0) is 24.2 Å². The fraction of sp³-hybridized carbons (Fsp3) is 0.571. The van der Waals surface area contributed by atoms with Crippen LogP contribution >= 0.6 is 0 Å². The van der Waals surface area contributed by atoms with Crippen LogP contribution in [0.5, 0.6) is 0 Å². The Labute approximate surface area is 114 Å². The van der Waals surface area contributed by atoms with Gasteiger partial charge in [0.25, 0.3) is 0 Å². The molecule has 1 fully saturated rings. The number of carbonyl (C=O) groups excluding carboxylic acids is 1. The fourth-order valence-electron chi connectivity index (χ4n) is 2.22. The Morgan fingerprint density at radius 2 is 1.84 bits per heavy atom. The summed E-state index contributed by atoms with van der Waals surface area (Å²) in [6.07, 6.45) is 3.48. The van der Waals surface area contributed by atoms with Crippen LogP contribution in [0.4, 0.5) is 0 Å². The minimum absolute atomic E-state index is 0.0989. The van der Waals surface area contributed by atoms with Crippen LogP contribution in [-0.4, -0.2) is 60.0 Å². The van der Waals surface area contributed by atoms with E-state index in [2.05, 4.69) is 27.0 Å². The highest BCUT2D eigenvalue weighted by molar-refractivity contribution is 5.78. The quantitative estimate of drug-likeness (QED) is 0.831. The van der Waals surface area contributed by atoms with Gasteiger partial charge in [0, 0.05) is 45.1 Å². The van der Waals surface area contributed by atoms with Crippen molar-refractivity contribution in [3.8, 4) is 0 Å². The number of hydrogen-bond acceptors (Lipinski definition) is 4. The summed E-state index contributed by atoms with van der Waals surface area (Å²) >= 11 is 0. The van der Waals surface area contributed by atoms with Gasteiger partial charge < -0.3 is 10.2 Å². The minimum atomic E-state index is 0.0989. The van der Waals surface area contributed by atoms with Gasteiger partial charge in [0.2, 0.25) is 5.91 Å². The Balaban J connectivity index is 1.67. The van der Waals surface area contributed by atoms with Gasteiger partial charge in [-0.1, -0.05) is 6.92 Å². The van der Waals surface area contributed by atoms with Crippen molar-refractivity contribution >= 4 is 5.91 Å². The molecule has 2 heterocycles. The second kappa shape index (κ2) is 7.21. The van der Waals surface area contributed by atoms with Crippen LogP contribution in [0.3, 0.4) is 0 Å². The van der Waals surface area contributed by atoms with Gasteiger partial charge in [-0.3, -0.25) is 14.7 Å². The summed E-state index contributed by atoms with van der Waals surface area (Å²) in [4.78, 5) is 20.4. The highest BCUT2D eigenvalue weighted by Crippen LogP contribution is 2.01. The molecule has 0 unspecified atom stereocenters. The van der Waals surface area contributed by atoms with Gasteiger partial charge in [-0.2, -0.15) is 0 Å². The van der Waals surface area contributed by atoms with Crippen molar-refractivity contribution in [1.29, 1.82) is 0 Å².